The summed E-state index contributed by atoms with van der Waals surface area (Å²) in [6.07, 6.45) is 0. The number of ether oxygens (including phenoxy) is 1. The van der Waals surface area contributed by atoms with Gasteiger partial charge in [-0.3, -0.25) is 4.79 Å². The van der Waals surface area contributed by atoms with Crippen LogP contribution in [0.4, 0.5) is 0 Å². The highest BCUT2D eigenvalue weighted by Crippen LogP contribution is 2.32. The fraction of sp³-hybridized carbons (Fsp3) is 0.458. The average Bonchev–Trinajstić information content (AvgIpc) is 2.72. The molecule has 1 aliphatic rings. The molecule has 0 radical (unpaired) electrons. The molecule has 168 valence electrons. The number of carbonyl (C=O) groups is 1. The van der Waals surface area contributed by atoms with Crippen molar-refractivity contribution >= 4 is 15.9 Å². The second-order valence-electron chi connectivity index (χ2n) is 9.14. The Kier molecular flexibility index (Phi) is 6.76. The molecule has 2 aromatic carbocycles. The zero-order valence-electron chi connectivity index (χ0n) is 19.0. The molecule has 7 heteroatoms. The summed E-state index contributed by atoms with van der Waals surface area (Å²) in [4.78, 5) is 14.7. The summed E-state index contributed by atoms with van der Waals surface area (Å²) in [5, 5.41) is 0. The number of nitrogens with zero attached hydrogens (tertiary/aromatic N) is 2. The van der Waals surface area contributed by atoms with Crippen LogP contribution in [0.1, 0.15) is 37.5 Å². The van der Waals surface area contributed by atoms with Crippen LogP contribution < -0.4 is 4.74 Å². The van der Waals surface area contributed by atoms with Crippen molar-refractivity contribution in [3.8, 4) is 5.75 Å². The van der Waals surface area contributed by atoms with Crippen molar-refractivity contribution in [1.82, 2.24) is 9.21 Å². The van der Waals surface area contributed by atoms with E-state index in [0.717, 1.165) is 16.7 Å². The minimum Gasteiger partial charge on any atom is -0.483 e. The van der Waals surface area contributed by atoms with Gasteiger partial charge in [-0.25, -0.2) is 8.42 Å². The van der Waals surface area contributed by atoms with Gasteiger partial charge in [0.15, 0.2) is 6.61 Å². The first-order chi connectivity index (χ1) is 14.5. The fourth-order valence-electron chi connectivity index (χ4n) is 3.62. The second kappa shape index (κ2) is 9.01. The molecule has 0 aliphatic carbocycles. The van der Waals surface area contributed by atoms with Gasteiger partial charge in [-0.1, -0.05) is 56.2 Å². The molecule has 0 N–H and O–H groups in total. The minimum atomic E-state index is -3.55. The molecule has 2 aromatic rings. The molecule has 0 bridgehead atoms. The zero-order valence-corrected chi connectivity index (χ0v) is 19.8. The Morgan fingerprint density at radius 2 is 1.52 bits per heavy atom. The molecule has 0 atom stereocenters. The second-order valence-corrected chi connectivity index (χ2v) is 11.1. The lowest BCUT2D eigenvalue weighted by Gasteiger charge is -2.34. The first kappa shape index (κ1) is 23.3. The SMILES string of the molecule is Cc1ccc(S(=O)(=O)N2CCN(C(=O)COc3ccc(C)cc3C(C)(C)C)CC2)cc1. The van der Waals surface area contributed by atoms with E-state index in [1.54, 1.807) is 29.2 Å². The van der Waals surface area contributed by atoms with Gasteiger partial charge in [-0.2, -0.15) is 4.31 Å². The van der Waals surface area contributed by atoms with Crippen molar-refractivity contribution in [1.29, 1.82) is 0 Å². The Balaban J connectivity index is 1.60. The van der Waals surface area contributed by atoms with Crippen molar-refractivity contribution in [3.05, 3.63) is 59.2 Å². The van der Waals surface area contributed by atoms with Crippen LogP contribution in [-0.2, 0) is 20.2 Å². The molecule has 6 nitrogen and oxygen atoms in total. The molecular formula is C24H32N2O4S. The Hall–Kier alpha value is -2.38. The van der Waals surface area contributed by atoms with Crippen LogP contribution in [0.25, 0.3) is 0 Å². The van der Waals surface area contributed by atoms with Crippen molar-refractivity contribution < 1.29 is 17.9 Å². The maximum absolute atomic E-state index is 12.8. The molecule has 0 saturated carbocycles. The summed E-state index contributed by atoms with van der Waals surface area (Å²) in [5.74, 6) is 0.583. The lowest BCUT2D eigenvalue weighted by molar-refractivity contribution is -0.134. The zero-order chi connectivity index (χ0) is 22.8. The third-order valence-corrected chi connectivity index (χ3v) is 7.46. The molecule has 3 rings (SSSR count). The lowest BCUT2D eigenvalue weighted by atomic mass is 9.85. The number of benzene rings is 2. The molecule has 1 fully saturated rings. The van der Waals surface area contributed by atoms with Gasteiger partial charge in [0.2, 0.25) is 10.0 Å². The van der Waals surface area contributed by atoms with E-state index in [9.17, 15) is 13.2 Å². The smallest absolute Gasteiger partial charge is 0.260 e. The molecule has 1 amide bonds. The van der Waals surface area contributed by atoms with E-state index in [1.807, 2.05) is 26.0 Å². The fourth-order valence-corrected chi connectivity index (χ4v) is 5.05. The van der Waals surface area contributed by atoms with Crippen LogP contribution >= 0.6 is 0 Å². The number of amides is 1. The molecule has 0 unspecified atom stereocenters. The average molecular weight is 445 g/mol. The highest BCUT2D eigenvalue weighted by atomic mass is 32.2. The summed E-state index contributed by atoms with van der Waals surface area (Å²) in [5.41, 5.74) is 3.13. The largest absolute Gasteiger partial charge is 0.483 e. The van der Waals surface area contributed by atoms with Gasteiger partial charge in [0.1, 0.15) is 5.75 Å². The van der Waals surface area contributed by atoms with Crippen molar-refractivity contribution in [3.63, 3.8) is 0 Å². The van der Waals surface area contributed by atoms with Crippen molar-refractivity contribution in [2.45, 2.75) is 44.9 Å². The monoisotopic (exact) mass is 444 g/mol. The molecule has 0 spiro atoms. The van der Waals surface area contributed by atoms with Crippen LogP contribution in [0, 0.1) is 13.8 Å². The minimum absolute atomic E-state index is 0.0587. The molecule has 1 saturated heterocycles. The van der Waals surface area contributed by atoms with E-state index in [-0.39, 0.29) is 35.9 Å². The van der Waals surface area contributed by atoms with Crippen LogP contribution in [-0.4, -0.2) is 56.3 Å². The number of aryl methyl sites for hydroxylation is 2. The van der Waals surface area contributed by atoms with Crippen LogP contribution in [0.2, 0.25) is 0 Å². The highest BCUT2D eigenvalue weighted by Gasteiger charge is 2.30. The van der Waals surface area contributed by atoms with Gasteiger partial charge < -0.3 is 9.64 Å². The summed E-state index contributed by atoms with van der Waals surface area (Å²) in [6.45, 7) is 11.5. The highest BCUT2D eigenvalue weighted by molar-refractivity contribution is 7.89. The first-order valence-electron chi connectivity index (χ1n) is 10.6. The quantitative estimate of drug-likeness (QED) is 0.708. The van der Waals surface area contributed by atoms with Gasteiger partial charge in [0.25, 0.3) is 5.91 Å². The maximum Gasteiger partial charge on any atom is 0.260 e. The summed E-state index contributed by atoms with van der Waals surface area (Å²) in [6, 6.07) is 12.8. The van der Waals surface area contributed by atoms with E-state index >= 15 is 0 Å². The Bertz CT molecular complexity index is 1030. The summed E-state index contributed by atoms with van der Waals surface area (Å²) < 4.78 is 33.0. The maximum atomic E-state index is 12.8. The normalized spacial score (nSPS) is 15.7. The predicted octanol–water partition coefficient (Wildman–Crippen LogP) is 3.51. The number of carbonyl (C=O) groups excluding carboxylic acids is 1. The Morgan fingerprint density at radius 1 is 0.935 bits per heavy atom. The molecule has 0 aromatic heterocycles. The van der Waals surface area contributed by atoms with E-state index in [4.69, 9.17) is 4.74 Å². The van der Waals surface area contributed by atoms with Gasteiger partial charge in [0, 0.05) is 26.2 Å². The van der Waals surface area contributed by atoms with Crippen molar-refractivity contribution in [2.24, 2.45) is 0 Å². The Labute approximate surface area is 185 Å². The van der Waals surface area contributed by atoms with Crippen molar-refractivity contribution in [2.75, 3.05) is 32.8 Å². The number of piperazine rings is 1. The third kappa shape index (κ3) is 5.46. The van der Waals surface area contributed by atoms with Crippen LogP contribution in [0.5, 0.6) is 5.75 Å². The number of rotatable bonds is 5. The number of hydrogen-bond donors (Lipinski definition) is 0. The van der Waals surface area contributed by atoms with Gasteiger partial charge in [-0.15, -0.1) is 0 Å². The summed E-state index contributed by atoms with van der Waals surface area (Å²) >= 11 is 0. The van der Waals surface area contributed by atoms with E-state index in [2.05, 4.69) is 26.8 Å². The number of hydrogen-bond acceptors (Lipinski definition) is 4. The van der Waals surface area contributed by atoms with Gasteiger partial charge in [-0.05, 0) is 43.0 Å². The summed E-state index contributed by atoms with van der Waals surface area (Å²) in [7, 11) is -3.55. The van der Waals surface area contributed by atoms with Crippen LogP contribution in [0.15, 0.2) is 47.4 Å². The predicted molar refractivity (Wildman–Crippen MR) is 122 cm³/mol. The van der Waals surface area contributed by atoms with E-state index in [0.29, 0.717) is 18.8 Å². The first-order valence-corrected chi connectivity index (χ1v) is 12.0. The number of sulfonamides is 1. The molecule has 1 heterocycles. The topological polar surface area (TPSA) is 66.9 Å². The van der Waals surface area contributed by atoms with Gasteiger partial charge in [0.05, 0.1) is 4.90 Å². The van der Waals surface area contributed by atoms with Crippen LogP contribution in [0.3, 0.4) is 0 Å². The molecule has 31 heavy (non-hydrogen) atoms. The molecule has 1 aliphatic heterocycles. The molecular weight excluding hydrogens is 412 g/mol. The van der Waals surface area contributed by atoms with E-state index in [1.165, 1.54) is 4.31 Å². The lowest BCUT2D eigenvalue weighted by Crippen LogP contribution is -2.51. The third-order valence-electron chi connectivity index (χ3n) is 5.54. The van der Waals surface area contributed by atoms with E-state index < -0.39 is 10.0 Å². The van der Waals surface area contributed by atoms with Gasteiger partial charge >= 0.3 is 0 Å². The standard InChI is InChI=1S/C24H32N2O4S/c1-18-6-9-20(10-7-18)31(28,29)26-14-12-25(13-15-26)23(27)17-30-22-11-8-19(2)16-21(22)24(3,4)5/h6-11,16H,12-15,17H2,1-5H3. The Morgan fingerprint density at radius 3 is 2.10 bits per heavy atom.